The summed E-state index contributed by atoms with van der Waals surface area (Å²) in [6.07, 6.45) is 2.24. The van der Waals surface area contributed by atoms with E-state index in [0.717, 1.165) is 59.4 Å². The van der Waals surface area contributed by atoms with Crippen molar-refractivity contribution in [1.29, 1.82) is 0 Å². The largest absolute Gasteiger partial charge is 0.324 e. The zero-order chi connectivity index (χ0) is 32.3. The summed E-state index contributed by atoms with van der Waals surface area (Å²) in [7, 11) is 0. The van der Waals surface area contributed by atoms with E-state index in [9.17, 15) is 9.59 Å². The molecule has 7 nitrogen and oxygen atoms in total. The molecule has 0 saturated carbocycles. The predicted octanol–water partition coefficient (Wildman–Crippen LogP) is 8.17. The maximum atomic E-state index is 14.1. The normalized spacial score (nSPS) is 14.6. The zero-order valence-electron chi connectivity index (χ0n) is 27.1. The molecule has 7 heteroatoms. The first-order valence-electron chi connectivity index (χ1n) is 16.2. The van der Waals surface area contributed by atoms with Gasteiger partial charge in [-0.15, -0.1) is 0 Å². The van der Waals surface area contributed by atoms with Gasteiger partial charge in [0.25, 0.3) is 0 Å². The van der Waals surface area contributed by atoms with Gasteiger partial charge in [0.15, 0.2) is 0 Å². The lowest BCUT2D eigenvalue weighted by molar-refractivity contribution is -0.121. The third kappa shape index (κ3) is 7.21. The molecule has 2 heterocycles. The summed E-state index contributed by atoms with van der Waals surface area (Å²) < 4.78 is 1.77. The Morgan fingerprint density at radius 2 is 1.61 bits per heavy atom. The number of hydrogen-bond acceptors (Lipinski definition) is 4. The minimum Gasteiger partial charge on any atom is -0.317 e. The van der Waals surface area contributed by atoms with Gasteiger partial charge in [-0.25, -0.2) is 9.48 Å². The Morgan fingerprint density at radius 3 is 2.35 bits per heavy atom. The molecule has 0 spiro atoms. The maximum Gasteiger partial charge on any atom is 0.324 e. The molecule has 0 bridgehead atoms. The molecular weight excluding hydrogens is 570 g/mol. The van der Waals surface area contributed by atoms with E-state index in [1.165, 1.54) is 5.39 Å². The topological polar surface area (TPSA) is 88.1 Å². The minimum atomic E-state index is -0.369. The number of aromatic nitrogens is 2. The summed E-state index contributed by atoms with van der Waals surface area (Å²) in [6.45, 7) is 10.1. The number of amides is 2. The van der Waals surface area contributed by atoms with Crippen molar-refractivity contribution in [2.24, 2.45) is 5.92 Å². The zero-order valence-corrected chi connectivity index (χ0v) is 27.1. The predicted molar refractivity (Wildman–Crippen MR) is 187 cm³/mol. The van der Waals surface area contributed by atoms with Crippen LogP contribution in [0.2, 0.25) is 0 Å². The average Bonchev–Trinajstić information content (AvgIpc) is 3.46. The summed E-state index contributed by atoms with van der Waals surface area (Å²) in [6, 6.07) is 31.9. The molecule has 3 N–H and O–H groups in total. The maximum absolute atomic E-state index is 14.1. The molecule has 0 aliphatic carbocycles. The van der Waals surface area contributed by atoms with E-state index < -0.39 is 0 Å². The van der Waals surface area contributed by atoms with Crippen molar-refractivity contribution < 1.29 is 9.59 Å². The number of carbonyl (C=O) groups is 2. The molecule has 2 amide bonds. The lowest BCUT2D eigenvalue weighted by atomic mass is 9.76. The number of nitrogens with zero attached hydrogens (tertiary/aromatic N) is 2. The van der Waals surface area contributed by atoms with Gasteiger partial charge in [-0.2, -0.15) is 5.10 Å². The Kier molecular flexibility index (Phi) is 9.04. The van der Waals surface area contributed by atoms with Crippen molar-refractivity contribution in [3.8, 4) is 5.69 Å². The van der Waals surface area contributed by atoms with Crippen LogP contribution < -0.4 is 16.0 Å². The number of anilines is 2. The first-order chi connectivity index (χ1) is 22.1. The lowest BCUT2D eigenvalue weighted by Crippen LogP contribution is -2.34. The monoisotopic (exact) mass is 613 g/mol. The van der Waals surface area contributed by atoms with Crippen molar-refractivity contribution >= 4 is 34.1 Å². The third-order valence-corrected chi connectivity index (χ3v) is 8.90. The van der Waals surface area contributed by atoms with Crippen LogP contribution in [-0.2, 0) is 16.6 Å². The van der Waals surface area contributed by atoms with Gasteiger partial charge in [-0.3, -0.25) is 10.1 Å². The van der Waals surface area contributed by atoms with Crippen LogP contribution in [-0.4, -0.2) is 34.7 Å². The molecule has 6 rings (SSSR count). The van der Waals surface area contributed by atoms with Crippen LogP contribution >= 0.6 is 0 Å². The van der Waals surface area contributed by atoms with Crippen LogP contribution in [0.15, 0.2) is 97.1 Å². The molecular formula is C39H43N5O2. The third-order valence-electron chi connectivity index (χ3n) is 8.90. The van der Waals surface area contributed by atoms with Crippen LogP contribution in [0.5, 0.6) is 0 Å². The highest BCUT2D eigenvalue weighted by molar-refractivity contribution is 5.99. The van der Waals surface area contributed by atoms with Gasteiger partial charge in [0, 0.05) is 29.5 Å². The fourth-order valence-corrected chi connectivity index (χ4v) is 6.37. The van der Waals surface area contributed by atoms with Crippen molar-refractivity contribution in [2.75, 3.05) is 23.7 Å². The number of ketones is 1. The number of nitrogens with one attached hydrogen (secondary N) is 3. The summed E-state index contributed by atoms with van der Waals surface area (Å²) >= 11 is 0. The van der Waals surface area contributed by atoms with Gasteiger partial charge in [0.05, 0.1) is 11.4 Å². The Bertz CT molecular complexity index is 1840. The van der Waals surface area contributed by atoms with Crippen LogP contribution in [0, 0.1) is 12.8 Å². The molecule has 1 fully saturated rings. The number of aryl methyl sites for hydroxylation is 1. The van der Waals surface area contributed by atoms with E-state index >= 15 is 0 Å². The van der Waals surface area contributed by atoms with E-state index in [-0.39, 0.29) is 29.1 Å². The van der Waals surface area contributed by atoms with E-state index in [1.807, 2.05) is 73.7 Å². The van der Waals surface area contributed by atoms with Crippen LogP contribution in [0.4, 0.5) is 16.3 Å². The van der Waals surface area contributed by atoms with Gasteiger partial charge < -0.3 is 10.6 Å². The molecule has 1 aliphatic rings. The molecule has 5 aromatic rings. The quantitative estimate of drug-likeness (QED) is 0.165. The number of benzene rings is 4. The van der Waals surface area contributed by atoms with Gasteiger partial charge >= 0.3 is 6.03 Å². The fraction of sp³-hybridized carbons (Fsp3) is 0.308. The number of rotatable bonds is 8. The van der Waals surface area contributed by atoms with Crippen LogP contribution in [0.25, 0.3) is 16.5 Å². The Balaban J connectivity index is 1.23. The van der Waals surface area contributed by atoms with Crippen molar-refractivity contribution in [2.45, 2.75) is 58.3 Å². The smallest absolute Gasteiger partial charge is 0.317 e. The molecule has 46 heavy (non-hydrogen) atoms. The highest BCUT2D eigenvalue weighted by atomic mass is 16.2. The molecule has 236 valence electrons. The average molecular weight is 614 g/mol. The Labute approximate surface area is 271 Å². The van der Waals surface area contributed by atoms with E-state index in [0.29, 0.717) is 17.9 Å². The Morgan fingerprint density at radius 1 is 0.870 bits per heavy atom. The number of piperidine rings is 1. The van der Waals surface area contributed by atoms with E-state index in [2.05, 4.69) is 67.1 Å². The Hall–Kier alpha value is -4.75. The highest BCUT2D eigenvalue weighted by Gasteiger charge is 2.31. The van der Waals surface area contributed by atoms with Gasteiger partial charge in [0.1, 0.15) is 11.6 Å². The first kappa shape index (κ1) is 31.2. The van der Waals surface area contributed by atoms with Crippen molar-refractivity contribution in [3.05, 3.63) is 119 Å². The first-order valence-corrected chi connectivity index (χ1v) is 16.2. The van der Waals surface area contributed by atoms with E-state index in [4.69, 9.17) is 5.10 Å². The number of carbonyl (C=O) groups excluding carboxylic acids is 2. The molecule has 1 aliphatic heterocycles. The standard InChI is InChI=1S/C39H43N5O2/c1-26-12-16-33(17-13-26)44-36(25-35(43-44)39(2,3)4)42-38(46)41-32-11-7-10-31(24-32)37(29-18-20-40-21-19-29)34(45)23-27-14-15-28-8-5-6-9-30(28)22-27/h5-17,22,24-25,29,37,40H,18-21,23H2,1-4H3,(H2,41,42,46). The molecule has 1 unspecified atom stereocenters. The number of fused-ring (bicyclic) bond motifs is 1. The second-order valence-electron chi connectivity index (χ2n) is 13.5. The van der Waals surface area contributed by atoms with Gasteiger partial charge in [0.2, 0.25) is 0 Å². The molecule has 1 aromatic heterocycles. The molecule has 1 atom stereocenters. The van der Waals surface area contributed by atoms with Gasteiger partial charge in [-0.05, 0) is 84.9 Å². The molecule has 4 aromatic carbocycles. The molecule has 0 radical (unpaired) electrons. The van der Waals surface area contributed by atoms with Crippen LogP contribution in [0.3, 0.4) is 0 Å². The second kappa shape index (κ2) is 13.3. The second-order valence-corrected chi connectivity index (χ2v) is 13.5. The number of hydrogen-bond donors (Lipinski definition) is 3. The minimum absolute atomic E-state index is 0.194. The number of urea groups is 1. The van der Waals surface area contributed by atoms with Gasteiger partial charge in [-0.1, -0.05) is 93.1 Å². The van der Waals surface area contributed by atoms with Crippen molar-refractivity contribution in [3.63, 3.8) is 0 Å². The lowest BCUT2D eigenvalue weighted by Gasteiger charge is -2.30. The highest BCUT2D eigenvalue weighted by Crippen LogP contribution is 2.35. The summed E-state index contributed by atoms with van der Waals surface area (Å²) in [5, 5.41) is 16.6. The summed E-state index contributed by atoms with van der Waals surface area (Å²) in [5.74, 6) is 0.773. The SMILES string of the molecule is Cc1ccc(-n2nc(C(C)(C)C)cc2NC(=O)Nc2cccc(C(C(=O)Cc3ccc4ccccc4c3)C3CCNCC3)c2)cc1. The fourth-order valence-electron chi connectivity index (χ4n) is 6.37. The van der Waals surface area contributed by atoms with Crippen LogP contribution in [0.1, 0.15) is 61.9 Å². The number of Topliss-reactive ketones (excluding diaryl/α,β-unsaturated/α-hetero) is 1. The summed E-state index contributed by atoms with van der Waals surface area (Å²) in [5.41, 5.74) is 5.31. The van der Waals surface area contributed by atoms with E-state index in [1.54, 1.807) is 4.68 Å². The molecule has 1 saturated heterocycles. The van der Waals surface area contributed by atoms with Crippen molar-refractivity contribution in [1.82, 2.24) is 15.1 Å². The summed E-state index contributed by atoms with van der Waals surface area (Å²) in [4.78, 5) is 27.5.